The van der Waals surface area contributed by atoms with Crippen molar-refractivity contribution in [2.24, 2.45) is 0 Å². The van der Waals surface area contributed by atoms with E-state index < -0.39 is 12.5 Å². The van der Waals surface area contributed by atoms with Crippen LogP contribution in [-0.4, -0.2) is 6.61 Å². The molecule has 0 bridgehead atoms. The van der Waals surface area contributed by atoms with Gasteiger partial charge in [-0.2, -0.15) is 8.78 Å². The second-order valence-electron chi connectivity index (χ2n) is 4.02. The van der Waals surface area contributed by atoms with Crippen molar-refractivity contribution in [3.05, 3.63) is 58.6 Å². The van der Waals surface area contributed by atoms with E-state index in [1.807, 2.05) is 0 Å². The molecule has 100 valence electrons. The number of rotatable bonds is 4. The molecule has 0 aliphatic rings. The molecule has 0 saturated carbocycles. The third-order valence-corrected chi connectivity index (χ3v) is 3.22. The van der Waals surface area contributed by atoms with Crippen molar-refractivity contribution in [3.8, 4) is 5.75 Å². The first-order valence-corrected chi connectivity index (χ1v) is 6.40. The molecule has 0 aliphatic carbocycles. The highest BCUT2D eigenvalue weighted by atomic mass is 79.9. The highest BCUT2D eigenvalue weighted by Crippen LogP contribution is 2.34. The Hall–Kier alpha value is -1.62. The van der Waals surface area contributed by atoms with Crippen molar-refractivity contribution in [2.45, 2.75) is 5.92 Å². The van der Waals surface area contributed by atoms with Crippen molar-refractivity contribution < 1.29 is 13.5 Å². The molecule has 0 atom stereocenters. The number of nitrogen functional groups attached to an aromatic ring is 1. The van der Waals surface area contributed by atoms with Crippen LogP contribution in [0.4, 0.5) is 14.5 Å². The molecule has 0 aromatic heterocycles. The predicted molar refractivity (Wildman–Crippen MR) is 74.4 cm³/mol. The topological polar surface area (TPSA) is 35.2 Å². The molecule has 0 spiro atoms. The average molecular weight is 328 g/mol. The third kappa shape index (κ3) is 3.23. The van der Waals surface area contributed by atoms with Gasteiger partial charge in [-0.15, -0.1) is 0 Å². The summed E-state index contributed by atoms with van der Waals surface area (Å²) in [6, 6.07) is 12.5. The number of hydrogen-bond donors (Lipinski definition) is 1. The van der Waals surface area contributed by atoms with Crippen molar-refractivity contribution in [1.29, 1.82) is 0 Å². The number of alkyl halides is 2. The molecule has 0 amide bonds. The third-order valence-electron chi connectivity index (χ3n) is 2.59. The minimum atomic E-state index is -3.07. The Morgan fingerprint density at radius 1 is 1.05 bits per heavy atom. The van der Waals surface area contributed by atoms with Crippen LogP contribution in [0.2, 0.25) is 0 Å². The van der Waals surface area contributed by atoms with E-state index >= 15 is 0 Å². The van der Waals surface area contributed by atoms with Crippen LogP contribution < -0.4 is 10.5 Å². The van der Waals surface area contributed by atoms with Gasteiger partial charge in [0.2, 0.25) is 0 Å². The molecule has 0 unspecified atom stereocenters. The van der Waals surface area contributed by atoms with Gasteiger partial charge >= 0.3 is 5.92 Å². The lowest BCUT2D eigenvalue weighted by atomic mass is 10.1. The smallest absolute Gasteiger partial charge is 0.306 e. The molecule has 2 N–H and O–H groups in total. The van der Waals surface area contributed by atoms with Crippen molar-refractivity contribution >= 4 is 21.6 Å². The standard InChI is InChI=1S/C14H12BrF2NO/c15-11-7-4-8-12(18)13(11)19-9-14(16,17)10-5-2-1-3-6-10/h1-8H,9,18H2. The minimum absolute atomic E-state index is 0.0828. The molecule has 0 fully saturated rings. The van der Waals surface area contributed by atoms with Crippen LogP contribution in [0.1, 0.15) is 5.56 Å². The number of halogens is 3. The van der Waals surface area contributed by atoms with Gasteiger partial charge in [0.15, 0.2) is 12.4 Å². The molecular formula is C14H12BrF2NO. The Balaban J connectivity index is 2.14. The van der Waals surface area contributed by atoms with E-state index in [4.69, 9.17) is 10.5 Å². The van der Waals surface area contributed by atoms with Crippen LogP contribution in [0.15, 0.2) is 53.0 Å². The number of benzene rings is 2. The fourth-order valence-electron chi connectivity index (χ4n) is 1.61. The summed E-state index contributed by atoms with van der Waals surface area (Å²) in [5.74, 6) is -2.83. The largest absolute Gasteiger partial charge is 0.484 e. The number of anilines is 1. The molecular weight excluding hydrogens is 316 g/mol. The van der Waals surface area contributed by atoms with Crippen molar-refractivity contribution in [2.75, 3.05) is 12.3 Å². The zero-order chi connectivity index (χ0) is 13.9. The second kappa shape index (κ2) is 5.57. The normalized spacial score (nSPS) is 11.3. The van der Waals surface area contributed by atoms with E-state index in [2.05, 4.69) is 15.9 Å². The number of ether oxygens (including phenoxy) is 1. The van der Waals surface area contributed by atoms with E-state index in [0.717, 1.165) is 0 Å². The molecule has 2 aromatic rings. The lowest BCUT2D eigenvalue weighted by Crippen LogP contribution is -2.23. The van der Waals surface area contributed by atoms with E-state index in [1.165, 1.54) is 12.1 Å². The molecule has 5 heteroatoms. The van der Waals surface area contributed by atoms with E-state index in [1.54, 1.807) is 36.4 Å². The van der Waals surface area contributed by atoms with Crippen LogP contribution in [0, 0.1) is 0 Å². The summed E-state index contributed by atoms with van der Waals surface area (Å²) in [6.07, 6.45) is 0. The maximum Gasteiger partial charge on any atom is 0.306 e. The quantitative estimate of drug-likeness (QED) is 0.854. The summed E-state index contributed by atoms with van der Waals surface area (Å²) in [4.78, 5) is 0. The maximum atomic E-state index is 13.9. The Kier molecular flexibility index (Phi) is 4.04. The van der Waals surface area contributed by atoms with Crippen LogP contribution in [0.5, 0.6) is 5.75 Å². The zero-order valence-electron chi connectivity index (χ0n) is 9.95. The van der Waals surface area contributed by atoms with Crippen LogP contribution in [0.3, 0.4) is 0 Å². The van der Waals surface area contributed by atoms with Gasteiger partial charge in [0.25, 0.3) is 0 Å². The molecule has 2 nitrogen and oxygen atoms in total. The monoisotopic (exact) mass is 327 g/mol. The van der Waals surface area contributed by atoms with Gasteiger partial charge in [-0.3, -0.25) is 0 Å². The molecule has 19 heavy (non-hydrogen) atoms. The fourth-order valence-corrected chi connectivity index (χ4v) is 2.10. The zero-order valence-corrected chi connectivity index (χ0v) is 11.5. The van der Waals surface area contributed by atoms with Crippen LogP contribution >= 0.6 is 15.9 Å². The first-order valence-electron chi connectivity index (χ1n) is 5.61. The Morgan fingerprint density at radius 3 is 2.37 bits per heavy atom. The molecule has 0 radical (unpaired) electrons. The Bertz CT molecular complexity index is 540. The summed E-state index contributed by atoms with van der Waals surface area (Å²) in [5, 5.41) is 0. The highest BCUT2D eigenvalue weighted by molar-refractivity contribution is 9.10. The summed E-state index contributed by atoms with van der Waals surface area (Å²) in [6.45, 7) is -0.760. The molecule has 0 saturated heterocycles. The van der Waals surface area contributed by atoms with E-state index in [-0.39, 0.29) is 11.3 Å². The van der Waals surface area contributed by atoms with Gasteiger partial charge in [0.05, 0.1) is 10.2 Å². The summed E-state index contributed by atoms with van der Waals surface area (Å²) < 4.78 is 33.6. The maximum absolute atomic E-state index is 13.9. The molecule has 0 aliphatic heterocycles. The van der Waals surface area contributed by atoms with Gasteiger partial charge in [-0.25, -0.2) is 0 Å². The highest BCUT2D eigenvalue weighted by Gasteiger charge is 2.32. The first kappa shape index (κ1) is 13.8. The number of nitrogens with two attached hydrogens (primary N) is 1. The lowest BCUT2D eigenvalue weighted by molar-refractivity contribution is -0.0466. The lowest BCUT2D eigenvalue weighted by Gasteiger charge is -2.18. The molecule has 2 rings (SSSR count). The van der Waals surface area contributed by atoms with Gasteiger partial charge in [0.1, 0.15) is 0 Å². The first-order chi connectivity index (χ1) is 9.00. The fraction of sp³-hybridized carbons (Fsp3) is 0.143. The summed E-state index contributed by atoms with van der Waals surface area (Å²) in [5.41, 5.74) is 5.92. The molecule has 2 aromatic carbocycles. The number of para-hydroxylation sites is 1. The van der Waals surface area contributed by atoms with Crippen LogP contribution in [-0.2, 0) is 5.92 Å². The Labute approximate surface area is 118 Å². The summed E-state index contributed by atoms with van der Waals surface area (Å²) in [7, 11) is 0. The summed E-state index contributed by atoms with van der Waals surface area (Å²) >= 11 is 3.22. The second-order valence-corrected chi connectivity index (χ2v) is 4.87. The SMILES string of the molecule is Nc1cccc(Br)c1OCC(F)(F)c1ccccc1. The van der Waals surface area contributed by atoms with Gasteiger partial charge in [-0.1, -0.05) is 36.4 Å². The molecule has 0 heterocycles. The van der Waals surface area contributed by atoms with E-state index in [0.29, 0.717) is 10.2 Å². The van der Waals surface area contributed by atoms with Gasteiger partial charge in [0, 0.05) is 5.56 Å². The Morgan fingerprint density at radius 2 is 1.74 bits per heavy atom. The number of hydrogen-bond acceptors (Lipinski definition) is 2. The van der Waals surface area contributed by atoms with Gasteiger partial charge in [-0.05, 0) is 28.1 Å². The van der Waals surface area contributed by atoms with Crippen molar-refractivity contribution in [3.63, 3.8) is 0 Å². The van der Waals surface area contributed by atoms with Gasteiger partial charge < -0.3 is 10.5 Å². The van der Waals surface area contributed by atoms with E-state index in [9.17, 15) is 8.78 Å². The predicted octanol–water partition coefficient (Wildman–Crippen LogP) is 4.20. The average Bonchev–Trinajstić information content (AvgIpc) is 2.39. The van der Waals surface area contributed by atoms with Crippen molar-refractivity contribution in [1.82, 2.24) is 0 Å². The minimum Gasteiger partial charge on any atom is -0.484 e. The van der Waals surface area contributed by atoms with Crippen LogP contribution in [0.25, 0.3) is 0 Å².